The van der Waals surface area contributed by atoms with Gasteiger partial charge in [-0.15, -0.1) is 0 Å². The van der Waals surface area contributed by atoms with E-state index in [2.05, 4.69) is 49.7 Å². The fourth-order valence-electron chi connectivity index (χ4n) is 2.59. The average Bonchev–Trinajstić information content (AvgIpc) is 2.81. The van der Waals surface area contributed by atoms with Crippen molar-refractivity contribution in [1.82, 2.24) is 14.9 Å². The highest BCUT2D eigenvalue weighted by Gasteiger charge is 2.15. The van der Waals surface area contributed by atoms with Gasteiger partial charge in [0.1, 0.15) is 5.82 Å². The zero-order chi connectivity index (χ0) is 16.3. The van der Waals surface area contributed by atoms with Crippen molar-refractivity contribution in [1.29, 1.82) is 0 Å². The number of nitrogens with two attached hydrogens (primary N) is 1. The molecule has 0 aliphatic carbocycles. The van der Waals surface area contributed by atoms with Crippen LogP contribution < -0.4 is 11.1 Å². The van der Waals surface area contributed by atoms with Crippen LogP contribution in [-0.4, -0.2) is 28.5 Å². The second kappa shape index (κ2) is 6.92. The summed E-state index contributed by atoms with van der Waals surface area (Å²) < 4.78 is 2.18. The summed E-state index contributed by atoms with van der Waals surface area (Å²) in [4.78, 5) is 16.6. The van der Waals surface area contributed by atoms with Crippen molar-refractivity contribution in [2.45, 2.75) is 46.6 Å². The molecule has 3 N–H and O–H groups in total. The van der Waals surface area contributed by atoms with Gasteiger partial charge < -0.3 is 15.6 Å². The minimum atomic E-state index is 0.0332. The van der Waals surface area contributed by atoms with E-state index >= 15 is 0 Å². The summed E-state index contributed by atoms with van der Waals surface area (Å²) in [6, 6.07) is 4.29. The second-order valence-electron chi connectivity index (χ2n) is 6.09. The van der Waals surface area contributed by atoms with Gasteiger partial charge in [-0.1, -0.05) is 13.8 Å². The Morgan fingerprint density at radius 3 is 2.64 bits per heavy atom. The largest absolute Gasteiger partial charge is 0.355 e. The van der Waals surface area contributed by atoms with Crippen LogP contribution in [-0.2, 0) is 11.3 Å². The number of carbonyl (C=O) groups excluding carboxylic acids is 1. The van der Waals surface area contributed by atoms with Crippen LogP contribution in [0.2, 0.25) is 0 Å². The van der Waals surface area contributed by atoms with Crippen molar-refractivity contribution in [2.75, 3.05) is 13.1 Å². The molecule has 0 fully saturated rings. The van der Waals surface area contributed by atoms with Crippen LogP contribution in [0.25, 0.3) is 11.0 Å². The predicted molar refractivity (Wildman–Crippen MR) is 90.0 cm³/mol. The molecule has 5 heteroatoms. The predicted octanol–water partition coefficient (Wildman–Crippen LogP) is 2.24. The molecule has 1 heterocycles. The molecule has 0 aliphatic heterocycles. The van der Waals surface area contributed by atoms with E-state index in [4.69, 9.17) is 10.7 Å². The number of fused-ring (bicyclic) bond motifs is 1. The SMILES string of the molecule is Cc1cc2nc(C(C)C)n(CCC(=O)NCCN)c2cc1C. The summed E-state index contributed by atoms with van der Waals surface area (Å²) in [6.07, 6.45) is 0.443. The first-order valence-electron chi connectivity index (χ1n) is 7.88. The van der Waals surface area contributed by atoms with Gasteiger partial charge in [0.2, 0.25) is 5.91 Å². The molecule has 0 bridgehead atoms. The van der Waals surface area contributed by atoms with Crippen LogP contribution in [0, 0.1) is 13.8 Å². The van der Waals surface area contributed by atoms with Gasteiger partial charge in [-0.3, -0.25) is 4.79 Å². The Bertz CT molecular complexity index is 673. The van der Waals surface area contributed by atoms with Gasteiger partial charge in [-0.2, -0.15) is 0 Å². The molecule has 0 saturated carbocycles. The Balaban J connectivity index is 2.31. The molecule has 0 spiro atoms. The Kier molecular flexibility index (Phi) is 5.19. The molecular weight excluding hydrogens is 276 g/mol. The van der Waals surface area contributed by atoms with Crippen molar-refractivity contribution in [3.63, 3.8) is 0 Å². The Hall–Kier alpha value is -1.88. The number of hydrogen-bond donors (Lipinski definition) is 2. The van der Waals surface area contributed by atoms with E-state index in [1.807, 2.05) is 0 Å². The van der Waals surface area contributed by atoms with Gasteiger partial charge in [0, 0.05) is 32.0 Å². The third-order valence-corrected chi connectivity index (χ3v) is 3.94. The van der Waals surface area contributed by atoms with Crippen molar-refractivity contribution < 1.29 is 4.79 Å². The van der Waals surface area contributed by atoms with Crippen LogP contribution in [0.5, 0.6) is 0 Å². The van der Waals surface area contributed by atoms with Crippen molar-refractivity contribution >= 4 is 16.9 Å². The van der Waals surface area contributed by atoms with Gasteiger partial charge in [-0.05, 0) is 37.1 Å². The lowest BCUT2D eigenvalue weighted by Crippen LogP contribution is -2.29. The zero-order valence-corrected chi connectivity index (χ0v) is 13.9. The summed E-state index contributed by atoms with van der Waals surface area (Å²) in [6.45, 7) is 10.1. The molecule has 2 rings (SSSR count). The van der Waals surface area contributed by atoms with Crippen LogP contribution >= 0.6 is 0 Å². The highest BCUT2D eigenvalue weighted by Crippen LogP contribution is 2.25. The van der Waals surface area contributed by atoms with E-state index in [-0.39, 0.29) is 5.91 Å². The number of benzene rings is 1. The first-order valence-corrected chi connectivity index (χ1v) is 7.88. The van der Waals surface area contributed by atoms with Crippen LogP contribution in [0.3, 0.4) is 0 Å². The molecule has 1 aromatic carbocycles. The molecule has 0 atom stereocenters. The summed E-state index contributed by atoms with van der Waals surface area (Å²) in [7, 11) is 0. The minimum Gasteiger partial charge on any atom is -0.355 e. The van der Waals surface area contributed by atoms with E-state index < -0.39 is 0 Å². The average molecular weight is 302 g/mol. The van der Waals surface area contributed by atoms with Crippen LogP contribution in [0.1, 0.15) is 43.1 Å². The maximum atomic E-state index is 11.8. The molecule has 0 unspecified atom stereocenters. The smallest absolute Gasteiger partial charge is 0.221 e. The first kappa shape index (κ1) is 16.5. The summed E-state index contributed by atoms with van der Waals surface area (Å²) in [5.41, 5.74) is 10.0. The highest BCUT2D eigenvalue weighted by molar-refractivity contribution is 5.79. The van der Waals surface area contributed by atoms with Gasteiger partial charge >= 0.3 is 0 Å². The minimum absolute atomic E-state index is 0.0332. The van der Waals surface area contributed by atoms with Crippen molar-refractivity contribution in [3.05, 3.63) is 29.1 Å². The number of nitrogens with one attached hydrogen (secondary N) is 1. The molecule has 1 aromatic heterocycles. The van der Waals surface area contributed by atoms with Gasteiger partial charge in [-0.25, -0.2) is 4.98 Å². The van der Waals surface area contributed by atoms with Gasteiger partial charge in [0.25, 0.3) is 0 Å². The Morgan fingerprint density at radius 1 is 1.32 bits per heavy atom. The number of nitrogens with zero attached hydrogens (tertiary/aromatic N) is 2. The second-order valence-corrected chi connectivity index (χ2v) is 6.09. The van der Waals surface area contributed by atoms with Gasteiger partial charge in [0.15, 0.2) is 0 Å². The molecule has 120 valence electrons. The number of hydrogen-bond acceptors (Lipinski definition) is 3. The molecule has 22 heavy (non-hydrogen) atoms. The molecule has 1 amide bonds. The zero-order valence-electron chi connectivity index (χ0n) is 13.9. The number of aromatic nitrogens is 2. The summed E-state index contributed by atoms with van der Waals surface area (Å²) in [5, 5.41) is 2.81. The van der Waals surface area contributed by atoms with E-state index in [0.29, 0.717) is 32.0 Å². The van der Waals surface area contributed by atoms with E-state index in [1.165, 1.54) is 11.1 Å². The number of imidazole rings is 1. The summed E-state index contributed by atoms with van der Waals surface area (Å²) >= 11 is 0. The Labute approximate surface area is 131 Å². The fraction of sp³-hybridized carbons (Fsp3) is 0.529. The maximum Gasteiger partial charge on any atom is 0.221 e. The molecule has 0 saturated heterocycles. The van der Waals surface area contributed by atoms with Gasteiger partial charge in [0.05, 0.1) is 11.0 Å². The molecule has 0 aliphatic rings. The molecule has 5 nitrogen and oxygen atoms in total. The first-order chi connectivity index (χ1) is 10.4. The lowest BCUT2D eigenvalue weighted by atomic mass is 10.1. The number of aryl methyl sites for hydroxylation is 3. The standard InChI is InChI=1S/C17H26N4O/c1-11(2)17-20-14-9-12(3)13(4)10-15(14)21(17)8-5-16(22)19-7-6-18/h9-11H,5-8,18H2,1-4H3,(H,19,22). The van der Waals surface area contributed by atoms with Crippen molar-refractivity contribution in [2.24, 2.45) is 5.73 Å². The Morgan fingerprint density at radius 2 is 2.00 bits per heavy atom. The fourth-order valence-corrected chi connectivity index (χ4v) is 2.59. The molecule has 0 radical (unpaired) electrons. The normalized spacial score (nSPS) is 11.4. The van der Waals surface area contributed by atoms with Crippen LogP contribution in [0.15, 0.2) is 12.1 Å². The highest BCUT2D eigenvalue weighted by atomic mass is 16.1. The third-order valence-electron chi connectivity index (χ3n) is 3.94. The number of carbonyl (C=O) groups is 1. The summed E-state index contributed by atoms with van der Waals surface area (Å²) in [5.74, 6) is 1.39. The molecular formula is C17H26N4O. The molecule has 2 aromatic rings. The number of rotatable bonds is 6. The third kappa shape index (κ3) is 3.47. The van der Waals surface area contributed by atoms with E-state index in [9.17, 15) is 4.79 Å². The lowest BCUT2D eigenvalue weighted by molar-refractivity contribution is -0.121. The van der Waals surface area contributed by atoms with E-state index in [1.54, 1.807) is 0 Å². The quantitative estimate of drug-likeness (QED) is 0.859. The number of amides is 1. The maximum absolute atomic E-state index is 11.8. The van der Waals surface area contributed by atoms with Crippen molar-refractivity contribution in [3.8, 4) is 0 Å². The lowest BCUT2D eigenvalue weighted by Gasteiger charge is -2.12. The van der Waals surface area contributed by atoms with E-state index in [0.717, 1.165) is 16.9 Å². The van der Waals surface area contributed by atoms with Crippen LogP contribution in [0.4, 0.5) is 0 Å². The topological polar surface area (TPSA) is 72.9 Å². The monoisotopic (exact) mass is 302 g/mol.